The molecule has 0 spiro atoms. The van der Waals surface area contributed by atoms with Crippen LogP contribution in [0.25, 0.3) is 0 Å². The van der Waals surface area contributed by atoms with E-state index < -0.39 is 0 Å². The van der Waals surface area contributed by atoms with Crippen LogP contribution in [0.4, 0.5) is 10.1 Å². The molecule has 0 radical (unpaired) electrons. The quantitative estimate of drug-likeness (QED) is 0.532. The van der Waals surface area contributed by atoms with E-state index in [9.17, 15) is 4.39 Å². The highest BCUT2D eigenvalue weighted by atomic mass is 19.1. The number of rotatable bonds is 3. The van der Waals surface area contributed by atoms with Gasteiger partial charge in [0.25, 0.3) is 0 Å². The molecule has 0 amide bonds. The summed E-state index contributed by atoms with van der Waals surface area (Å²) in [5, 5.41) is 0. The molecular formula is C8H8FNO. The number of benzene rings is 1. The Labute approximate surface area is 64.3 Å². The average molecular weight is 153 g/mol. The molecule has 0 saturated carbocycles. The Kier molecular flexibility index (Phi) is 2.99. The van der Waals surface area contributed by atoms with Crippen molar-refractivity contribution in [3.8, 4) is 0 Å². The third-order valence-electron chi connectivity index (χ3n) is 1.07. The fourth-order valence-corrected chi connectivity index (χ4v) is 0.634. The molecule has 0 unspecified atom stereocenters. The molecule has 1 aromatic carbocycles. The fraction of sp³-hybridized carbons (Fsp3) is 0. The first-order chi connectivity index (χ1) is 5.43. The lowest BCUT2D eigenvalue weighted by atomic mass is 10.3. The second kappa shape index (κ2) is 4.33. The van der Waals surface area contributed by atoms with E-state index >= 15 is 0 Å². The van der Waals surface area contributed by atoms with Crippen molar-refractivity contribution in [2.24, 2.45) is 0 Å². The lowest BCUT2D eigenvalue weighted by Crippen LogP contribution is -1.93. The molecule has 0 aliphatic carbocycles. The second-order valence-corrected chi connectivity index (χ2v) is 1.85. The van der Waals surface area contributed by atoms with Crippen molar-refractivity contribution < 1.29 is 9.23 Å². The molecule has 3 heteroatoms. The molecule has 0 heterocycles. The predicted octanol–water partition coefficient (Wildman–Crippen LogP) is 2.47. The smallest absolute Gasteiger partial charge is 0.147 e. The molecular weight excluding hydrogens is 145 g/mol. The van der Waals surface area contributed by atoms with Crippen LogP contribution in [-0.2, 0) is 4.84 Å². The van der Waals surface area contributed by atoms with Crippen molar-refractivity contribution in [3.05, 3.63) is 42.9 Å². The third-order valence-corrected chi connectivity index (χ3v) is 1.07. The molecule has 0 saturated heterocycles. The minimum atomic E-state index is 0.315. The molecule has 1 aromatic rings. The minimum Gasteiger partial charge on any atom is -0.388 e. The third kappa shape index (κ3) is 2.71. The van der Waals surface area contributed by atoms with E-state index in [1.165, 1.54) is 0 Å². The van der Waals surface area contributed by atoms with Crippen molar-refractivity contribution in [1.29, 1.82) is 0 Å². The van der Waals surface area contributed by atoms with Gasteiger partial charge in [-0.2, -0.15) is 0 Å². The monoisotopic (exact) mass is 153 g/mol. The van der Waals surface area contributed by atoms with Gasteiger partial charge in [-0.25, -0.2) is 9.87 Å². The van der Waals surface area contributed by atoms with Gasteiger partial charge in [0.05, 0.1) is 5.69 Å². The SMILES string of the molecule is FC=CONc1ccccc1. The summed E-state index contributed by atoms with van der Waals surface area (Å²) in [5.74, 6) is 0. The number of hydrogen-bond acceptors (Lipinski definition) is 2. The molecule has 58 valence electrons. The molecule has 0 fully saturated rings. The highest BCUT2D eigenvalue weighted by molar-refractivity contribution is 5.40. The van der Waals surface area contributed by atoms with Crippen LogP contribution in [0.3, 0.4) is 0 Å². The summed E-state index contributed by atoms with van der Waals surface area (Å²) in [6, 6.07) is 9.21. The largest absolute Gasteiger partial charge is 0.388 e. The number of hydrogen-bond donors (Lipinski definition) is 1. The molecule has 2 nitrogen and oxygen atoms in total. The van der Waals surface area contributed by atoms with Crippen LogP contribution in [0.5, 0.6) is 0 Å². The summed E-state index contributed by atoms with van der Waals surface area (Å²) in [4.78, 5) is 4.56. The zero-order valence-electron chi connectivity index (χ0n) is 5.83. The zero-order chi connectivity index (χ0) is 7.94. The summed E-state index contributed by atoms with van der Waals surface area (Å²) >= 11 is 0. The first kappa shape index (κ1) is 7.60. The molecule has 0 aliphatic rings. The van der Waals surface area contributed by atoms with E-state index in [0.29, 0.717) is 6.33 Å². The summed E-state index contributed by atoms with van der Waals surface area (Å²) in [6.07, 6.45) is 1.24. The second-order valence-electron chi connectivity index (χ2n) is 1.85. The van der Waals surface area contributed by atoms with E-state index in [1.807, 2.05) is 30.3 Å². The molecule has 0 aromatic heterocycles. The first-order valence-electron chi connectivity index (χ1n) is 3.15. The van der Waals surface area contributed by atoms with E-state index in [2.05, 4.69) is 10.3 Å². The number of nitrogens with one attached hydrogen (secondary N) is 1. The van der Waals surface area contributed by atoms with E-state index in [4.69, 9.17) is 0 Å². The number of anilines is 1. The topological polar surface area (TPSA) is 21.3 Å². The van der Waals surface area contributed by atoms with Gasteiger partial charge in [0.2, 0.25) is 0 Å². The maximum Gasteiger partial charge on any atom is 0.147 e. The standard InChI is InChI=1S/C8H8FNO/c9-6-7-11-10-8-4-2-1-3-5-8/h1-7,10H. The Morgan fingerprint density at radius 1 is 1.27 bits per heavy atom. The van der Waals surface area contributed by atoms with Gasteiger partial charge in [-0.05, 0) is 12.1 Å². The lowest BCUT2D eigenvalue weighted by Gasteiger charge is -2.01. The number of para-hydroxylation sites is 1. The van der Waals surface area contributed by atoms with Crippen molar-refractivity contribution in [1.82, 2.24) is 0 Å². The van der Waals surface area contributed by atoms with Crippen LogP contribution >= 0.6 is 0 Å². The maximum absolute atomic E-state index is 11.4. The Morgan fingerprint density at radius 2 is 2.00 bits per heavy atom. The van der Waals surface area contributed by atoms with Gasteiger partial charge in [-0.15, -0.1) is 0 Å². The van der Waals surface area contributed by atoms with Gasteiger partial charge in [0.1, 0.15) is 12.6 Å². The summed E-state index contributed by atoms with van der Waals surface area (Å²) in [7, 11) is 0. The van der Waals surface area contributed by atoms with Crippen LogP contribution in [-0.4, -0.2) is 0 Å². The summed E-state index contributed by atoms with van der Waals surface area (Å²) < 4.78 is 11.4. The Balaban J connectivity index is 2.39. The summed E-state index contributed by atoms with van der Waals surface area (Å²) in [6.45, 7) is 0. The Hall–Kier alpha value is -1.51. The van der Waals surface area contributed by atoms with Crippen molar-refractivity contribution in [2.45, 2.75) is 0 Å². The van der Waals surface area contributed by atoms with Gasteiger partial charge >= 0.3 is 0 Å². The van der Waals surface area contributed by atoms with E-state index in [0.717, 1.165) is 11.9 Å². The normalized spacial score (nSPS) is 9.91. The molecule has 0 bridgehead atoms. The van der Waals surface area contributed by atoms with Crippen LogP contribution < -0.4 is 5.48 Å². The van der Waals surface area contributed by atoms with Crippen molar-refractivity contribution >= 4 is 5.69 Å². The van der Waals surface area contributed by atoms with Gasteiger partial charge < -0.3 is 4.84 Å². The highest BCUT2D eigenvalue weighted by Gasteiger charge is 1.84. The van der Waals surface area contributed by atoms with Gasteiger partial charge in [-0.3, -0.25) is 0 Å². The molecule has 0 atom stereocenters. The predicted molar refractivity (Wildman–Crippen MR) is 41.4 cm³/mol. The Morgan fingerprint density at radius 3 is 2.64 bits per heavy atom. The van der Waals surface area contributed by atoms with Gasteiger partial charge in [0, 0.05) is 0 Å². The van der Waals surface area contributed by atoms with Crippen LogP contribution in [0.1, 0.15) is 0 Å². The maximum atomic E-state index is 11.4. The lowest BCUT2D eigenvalue weighted by molar-refractivity contribution is 0.322. The van der Waals surface area contributed by atoms with Crippen LogP contribution in [0.15, 0.2) is 42.9 Å². The zero-order valence-corrected chi connectivity index (χ0v) is 5.83. The number of halogens is 1. The van der Waals surface area contributed by atoms with Crippen molar-refractivity contribution in [3.63, 3.8) is 0 Å². The summed E-state index contributed by atoms with van der Waals surface area (Å²) in [5.41, 5.74) is 3.30. The Bertz CT molecular complexity index is 223. The van der Waals surface area contributed by atoms with Crippen LogP contribution in [0.2, 0.25) is 0 Å². The van der Waals surface area contributed by atoms with E-state index in [1.54, 1.807) is 0 Å². The van der Waals surface area contributed by atoms with Gasteiger partial charge in [-0.1, -0.05) is 18.2 Å². The first-order valence-corrected chi connectivity index (χ1v) is 3.15. The van der Waals surface area contributed by atoms with Crippen molar-refractivity contribution in [2.75, 3.05) is 5.48 Å². The average Bonchev–Trinajstić information content (AvgIpc) is 2.07. The minimum absolute atomic E-state index is 0.315. The van der Waals surface area contributed by atoms with Gasteiger partial charge in [0.15, 0.2) is 0 Å². The van der Waals surface area contributed by atoms with Crippen LogP contribution in [0, 0.1) is 0 Å². The highest BCUT2D eigenvalue weighted by Crippen LogP contribution is 2.04. The molecule has 1 rings (SSSR count). The molecule has 11 heavy (non-hydrogen) atoms. The molecule has 1 N–H and O–H groups in total. The molecule has 0 aliphatic heterocycles. The van der Waals surface area contributed by atoms with E-state index in [-0.39, 0.29) is 0 Å². The fourth-order valence-electron chi connectivity index (χ4n) is 0.634.